The lowest BCUT2D eigenvalue weighted by atomic mass is 10.2. The van der Waals surface area contributed by atoms with Crippen LogP contribution < -0.4 is 0 Å². The number of hydrogen-bond donors (Lipinski definition) is 1. The number of nitrogens with one attached hydrogen (secondary N) is 1. The van der Waals surface area contributed by atoms with Crippen LogP contribution in [0.4, 0.5) is 0 Å². The van der Waals surface area contributed by atoms with Crippen LogP contribution in [-0.4, -0.2) is 15.0 Å². The van der Waals surface area contributed by atoms with Crippen LogP contribution >= 0.6 is 0 Å². The Kier molecular flexibility index (Phi) is 1.96. The number of nitrogens with zero attached hydrogens (tertiary/aromatic N) is 2. The zero-order valence-corrected chi connectivity index (χ0v) is 8.94. The fourth-order valence-electron chi connectivity index (χ4n) is 1.80. The van der Waals surface area contributed by atoms with Crippen molar-refractivity contribution in [2.45, 2.75) is 6.92 Å². The first-order valence-corrected chi connectivity index (χ1v) is 5.21. The second-order valence-electron chi connectivity index (χ2n) is 3.77. The van der Waals surface area contributed by atoms with Gasteiger partial charge in [0.25, 0.3) is 0 Å². The predicted molar refractivity (Wildman–Crippen MR) is 64.1 cm³/mol. The van der Waals surface area contributed by atoms with Crippen LogP contribution in [0.25, 0.3) is 22.6 Å². The Balaban J connectivity index is 2.23. The standard InChI is InChI=1S/C13H11N3/c1-9-5-4-8-14-12(9)13-15-10-6-2-3-7-11(10)16-13/h2-8H,1H3,(H,15,16). The van der Waals surface area contributed by atoms with Crippen molar-refractivity contribution >= 4 is 11.0 Å². The first kappa shape index (κ1) is 9.09. The molecule has 0 saturated carbocycles. The minimum Gasteiger partial charge on any atom is -0.337 e. The summed E-state index contributed by atoms with van der Waals surface area (Å²) in [5.74, 6) is 0.833. The van der Waals surface area contributed by atoms with Gasteiger partial charge in [-0.3, -0.25) is 4.98 Å². The number of pyridine rings is 1. The Morgan fingerprint density at radius 3 is 2.75 bits per heavy atom. The third kappa shape index (κ3) is 1.37. The summed E-state index contributed by atoms with van der Waals surface area (Å²) in [6.45, 7) is 2.04. The van der Waals surface area contributed by atoms with E-state index in [2.05, 4.69) is 15.0 Å². The maximum absolute atomic E-state index is 4.53. The highest BCUT2D eigenvalue weighted by molar-refractivity contribution is 5.78. The number of aromatic nitrogens is 3. The number of imidazole rings is 1. The first-order chi connectivity index (χ1) is 7.84. The second-order valence-corrected chi connectivity index (χ2v) is 3.77. The van der Waals surface area contributed by atoms with Crippen molar-refractivity contribution in [1.82, 2.24) is 15.0 Å². The highest BCUT2D eigenvalue weighted by Gasteiger charge is 2.07. The Bertz CT molecular complexity index is 607. The highest BCUT2D eigenvalue weighted by Crippen LogP contribution is 2.20. The molecule has 3 aromatic rings. The topological polar surface area (TPSA) is 41.6 Å². The second kappa shape index (κ2) is 3.45. The number of benzene rings is 1. The van der Waals surface area contributed by atoms with Crippen molar-refractivity contribution in [1.29, 1.82) is 0 Å². The molecule has 2 heterocycles. The van der Waals surface area contributed by atoms with E-state index in [-0.39, 0.29) is 0 Å². The van der Waals surface area contributed by atoms with E-state index >= 15 is 0 Å². The molecule has 0 amide bonds. The summed E-state index contributed by atoms with van der Waals surface area (Å²) >= 11 is 0. The SMILES string of the molecule is Cc1cccnc1-c1nc2ccccc2[nH]1. The molecule has 1 aromatic carbocycles. The Morgan fingerprint density at radius 1 is 1.06 bits per heavy atom. The molecule has 3 rings (SSSR count). The lowest BCUT2D eigenvalue weighted by molar-refractivity contribution is 1.20. The van der Waals surface area contributed by atoms with E-state index in [1.807, 2.05) is 43.3 Å². The lowest BCUT2D eigenvalue weighted by Crippen LogP contribution is -1.88. The molecule has 0 saturated heterocycles. The number of aryl methyl sites for hydroxylation is 1. The fourth-order valence-corrected chi connectivity index (χ4v) is 1.80. The van der Waals surface area contributed by atoms with Gasteiger partial charge in [-0.2, -0.15) is 0 Å². The molecule has 0 aliphatic carbocycles. The molecule has 3 nitrogen and oxygen atoms in total. The molecule has 78 valence electrons. The number of fused-ring (bicyclic) bond motifs is 1. The van der Waals surface area contributed by atoms with Crippen LogP contribution in [0.5, 0.6) is 0 Å². The van der Waals surface area contributed by atoms with Crippen molar-refractivity contribution < 1.29 is 0 Å². The van der Waals surface area contributed by atoms with E-state index in [0.29, 0.717) is 0 Å². The smallest absolute Gasteiger partial charge is 0.157 e. The van der Waals surface area contributed by atoms with Gasteiger partial charge in [-0.1, -0.05) is 18.2 Å². The molecule has 2 aromatic heterocycles. The average Bonchev–Trinajstić information content (AvgIpc) is 2.73. The van der Waals surface area contributed by atoms with Crippen LogP contribution in [0.15, 0.2) is 42.6 Å². The van der Waals surface area contributed by atoms with Gasteiger partial charge in [-0.15, -0.1) is 0 Å². The average molecular weight is 209 g/mol. The van der Waals surface area contributed by atoms with Gasteiger partial charge >= 0.3 is 0 Å². The predicted octanol–water partition coefficient (Wildman–Crippen LogP) is 2.93. The maximum atomic E-state index is 4.53. The first-order valence-electron chi connectivity index (χ1n) is 5.21. The fraction of sp³-hybridized carbons (Fsp3) is 0.0769. The van der Waals surface area contributed by atoms with Crippen LogP contribution in [-0.2, 0) is 0 Å². The van der Waals surface area contributed by atoms with E-state index in [9.17, 15) is 0 Å². The molecule has 0 fully saturated rings. The number of aromatic amines is 1. The molecule has 0 unspecified atom stereocenters. The molecule has 0 radical (unpaired) electrons. The van der Waals surface area contributed by atoms with E-state index in [4.69, 9.17) is 0 Å². The molecule has 0 bridgehead atoms. The number of rotatable bonds is 1. The van der Waals surface area contributed by atoms with Gasteiger partial charge in [-0.25, -0.2) is 4.98 Å². The van der Waals surface area contributed by atoms with Gasteiger partial charge < -0.3 is 4.98 Å². The highest BCUT2D eigenvalue weighted by atomic mass is 14.9. The van der Waals surface area contributed by atoms with Gasteiger partial charge in [0.1, 0.15) is 5.69 Å². The summed E-state index contributed by atoms with van der Waals surface area (Å²) in [4.78, 5) is 12.2. The van der Waals surface area contributed by atoms with Gasteiger partial charge in [-0.05, 0) is 30.7 Å². The zero-order valence-electron chi connectivity index (χ0n) is 8.94. The van der Waals surface area contributed by atoms with Crippen LogP contribution in [0.3, 0.4) is 0 Å². The van der Waals surface area contributed by atoms with E-state index in [1.165, 1.54) is 0 Å². The Hall–Kier alpha value is -2.16. The molecule has 3 heteroatoms. The van der Waals surface area contributed by atoms with E-state index in [1.54, 1.807) is 6.20 Å². The number of hydrogen-bond acceptors (Lipinski definition) is 2. The summed E-state index contributed by atoms with van der Waals surface area (Å²) in [6.07, 6.45) is 1.79. The van der Waals surface area contributed by atoms with Crippen molar-refractivity contribution in [2.75, 3.05) is 0 Å². The van der Waals surface area contributed by atoms with E-state index < -0.39 is 0 Å². The molecule has 0 aliphatic rings. The van der Waals surface area contributed by atoms with Crippen LogP contribution in [0.2, 0.25) is 0 Å². The molecule has 16 heavy (non-hydrogen) atoms. The van der Waals surface area contributed by atoms with Crippen LogP contribution in [0.1, 0.15) is 5.56 Å². The summed E-state index contributed by atoms with van der Waals surface area (Å²) in [5, 5.41) is 0. The third-order valence-corrected chi connectivity index (χ3v) is 2.62. The van der Waals surface area contributed by atoms with Crippen LogP contribution in [0, 0.1) is 6.92 Å². The van der Waals surface area contributed by atoms with Crippen molar-refractivity contribution in [2.24, 2.45) is 0 Å². The molecular formula is C13H11N3. The zero-order chi connectivity index (χ0) is 11.0. The monoisotopic (exact) mass is 209 g/mol. The minimum absolute atomic E-state index is 0.833. The van der Waals surface area contributed by atoms with Crippen molar-refractivity contribution in [3.05, 3.63) is 48.2 Å². The number of H-pyrrole nitrogens is 1. The number of para-hydroxylation sites is 2. The van der Waals surface area contributed by atoms with Gasteiger partial charge in [0.2, 0.25) is 0 Å². The van der Waals surface area contributed by atoms with E-state index in [0.717, 1.165) is 28.1 Å². The minimum atomic E-state index is 0.833. The Labute approximate surface area is 93.2 Å². The van der Waals surface area contributed by atoms with Gasteiger partial charge in [0, 0.05) is 6.20 Å². The van der Waals surface area contributed by atoms with Crippen molar-refractivity contribution in [3.8, 4) is 11.5 Å². The van der Waals surface area contributed by atoms with Gasteiger partial charge in [0.15, 0.2) is 5.82 Å². The quantitative estimate of drug-likeness (QED) is 0.669. The molecule has 0 spiro atoms. The summed E-state index contributed by atoms with van der Waals surface area (Å²) in [6, 6.07) is 12.0. The molecule has 0 aliphatic heterocycles. The summed E-state index contributed by atoms with van der Waals surface area (Å²) in [5.41, 5.74) is 4.06. The largest absolute Gasteiger partial charge is 0.337 e. The molecular weight excluding hydrogens is 198 g/mol. The third-order valence-electron chi connectivity index (χ3n) is 2.62. The molecule has 0 atom stereocenters. The normalized spacial score (nSPS) is 10.8. The maximum Gasteiger partial charge on any atom is 0.157 e. The lowest BCUT2D eigenvalue weighted by Gasteiger charge is -1.98. The molecule has 1 N–H and O–H groups in total. The van der Waals surface area contributed by atoms with Crippen molar-refractivity contribution in [3.63, 3.8) is 0 Å². The summed E-state index contributed by atoms with van der Waals surface area (Å²) in [7, 11) is 0. The summed E-state index contributed by atoms with van der Waals surface area (Å²) < 4.78 is 0. The Morgan fingerprint density at radius 2 is 1.94 bits per heavy atom. The van der Waals surface area contributed by atoms with Gasteiger partial charge in [0.05, 0.1) is 11.0 Å².